The number of piperazine rings is 1. The topological polar surface area (TPSA) is 88.2 Å². The van der Waals surface area contributed by atoms with Crippen LogP contribution in [0.2, 0.25) is 0 Å². The number of aryl methyl sites for hydroxylation is 1. The van der Waals surface area contributed by atoms with Gasteiger partial charge in [-0.15, -0.1) is 0 Å². The maximum atomic E-state index is 5.12. The van der Waals surface area contributed by atoms with Crippen LogP contribution in [0.5, 0.6) is 0 Å². The SMILES string of the molecule is Cc1cc(Nc2cc3nc(CN4CCN(C)CC4)ccc3c(NC3C[C@H]4CC[C@@H](C3)N4CC(C)C)n2)n[nH]1. The van der Waals surface area contributed by atoms with E-state index in [-0.39, 0.29) is 0 Å². The van der Waals surface area contributed by atoms with Crippen LogP contribution >= 0.6 is 0 Å². The number of likely N-dealkylation sites (N-methyl/N-ethyl adjacent to an activating group) is 1. The Hall–Kier alpha value is -2.75. The molecule has 3 aliphatic heterocycles. The van der Waals surface area contributed by atoms with E-state index in [1.54, 1.807) is 0 Å². The number of fused-ring (bicyclic) bond motifs is 3. The molecule has 1 unspecified atom stereocenters. The smallest absolute Gasteiger partial charge is 0.153 e. The van der Waals surface area contributed by atoms with Gasteiger partial charge >= 0.3 is 0 Å². The van der Waals surface area contributed by atoms with Gasteiger partial charge in [-0.05, 0) is 57.7 Å². The standard InChI is InChI=1S/C29H43N9/c1-19(2)17-38-23-6-7-24(38)15-22(14-23)31-29-25-8-5-21(18-37-11-9-36(4)10-12-37)30-26(25)16-27(33-29)32-28-13-20(3)34-35-28/h5,8,13,16,19,22-24H,6-7,9-12,14-15,17-18H2,1-4H3,(H3,31,32,33,34,35)/t22?,23-,24+. The fourth-order valence-corrected chi connectivity index (χ4v) is 6.59. The van der Waals surface area contributed by atoms with Crippen molar-refractivity contribution >= 4 is 28.4 Å². The predicted molar refractivity (Wildman–Crippen MR) is 154 cm³/mol. The first-order valence-electron chi connectivity index (χ1n) is 14.4. The summed E-state index contributed by atoms with van der Waals surface area (Å²) in [6.45, 7) is 13.2. The molecule has 0 aromatic carbocycles. The van der Waals surface area contributed by atoms with Gasteiger partial charge < -0.3 is 15.5 Å². The van der Waals surface area contributed by atoms with Crippen LogP contribution in [0, 0.1) is 12.8 Å². The molecule has 0 amide bonds. The molecular weight excluding hydrogens is 474 g/mol. The van der Waals surface area contributed by atoms with Crippen LogP contribution < -0.4 is 10.6 Å². The van der Waals surface area contributed by atoms with E-state index in [9.17, 15) is 0 Å². The lowest BCUT2D eigenvalue weighted by atomic mass is 9.96. The minimum absolute atomic E-state index is 0.430. The maximum absolute atomic E-state index is 5.12. The summed E-state index contributed by atoms with van der Waals surface area (Å²) in [5, 5.41) is 15.7. The van der Waals surface area contributed by atoms with Crippen LogP contribution in [0.1, 0.15) is 50.9 Å². The summed E-state index contributed by atoms with van der Waals surface area (Å²) in [5.74, 6) is 3.19. The van der Waals surface area contributed by atoms with E-state index in [0.717, 1.165) is 72.5 Å². The number of anilines is 3. The van der Waals surface area contributed by atoms with Gasteiger partial charge in [0.2, 0.25) is 0 Å². The van der Waals surface area contributed by atoms with Crippen molar-refractivity contribution in [2.45, 2.75) is 71.1 Å². The van der Waals surface area contributed by atoms with E-state index in [4.69, 9.17) is 9.97 Å². The molecule has 6 rings (SSSR count). The Labute approximate surface area is 226 Å². The second-order valence-corrected chi connectivity index (χ2v) is 12.2. The summed E-state index contributed by atoms with van der Waals surface area (Å²) in [4.78, 5) is 17.8. The zero-order valence-electron chi connectivity index (χ0n) is 23.4. The normalized spacial score (nSPS) is 24.9. The highest BCUT2D eigenvalue weighted by molar-refractivity contribution is 5.91. The first-order valence-corrected chi connectivity index (χ1v) is 14.4. The number of rotatable bonds is 8. The lowest BCUT2D eigenvalue weighted by Crippen LogP contribution is -2.48. The highest BCUT2D eigenvalue weighted by Gasteiger charge is 2.40. The minimum Gasteiger partial charge on any atom is -0.367 e. The molecule has 9 nitrogen and oxygen atoms in total. The molecule has 9 heteroatoms. The summed E-state index contributed by atoms with van der Waals surface area (Å²) >= 11 is 0. The van der Waals surface area contributed by atoms with Crippen molar-refractivity contribution in [3.05, 3.63) is 35.7 Å². The molecule has 6 heterocycles. The van der Waals surface area contributed by atoms with Crippen LogP contribution in [0.25, 0.3) is 10.9 Å². The second kappa shape index (κ2) is 10.8. The molecule has 0 aliphatic carbocycles. The summed E-state index contributed by atoms with van der Waals surface area (Å²) in [5.41, 5.74) is 3.10. The third kappa shape index (κ3) is 5.65. The molecule has 3 N–H and O–H groups in total. The van der Waals surface area contributed by atoms with Gasteiger partial charge in [0.05, 0.1) is 11.2 Å². The van der Waals surface area contributed by atoms with Crippen LogP contribution in [-0.4, -0.2) is 92.8 Å². The average molecular weight is 518 g/mol. The van der Waals surface area contributed by atoms with Crippen molar-refractivity contribution in [3.8, 4) is 0 Å². The van der Waals surface area contributed by atoms with Gasteiger partial charge in [0.25, 0.3) is 0 Å². The molecule has 204 valence electrons. The molecule has 3 saturated heterocycles. The Balaban J connectivity index is 1.26. The Bertz CT molecular complexity index is 1230. The predicted octanol–water partition coefficient (Wildman–Crippen LogP) is 4.22. The highest BCUT2D eigenvalue weighted by atomic mass is 15.3. The van der Waals surface area contributed by atoms with E-state index >= 15 is 0 Å². The van der Waals surface area contributed by atoms with Gasteiger partial charge in [-0.25, -0.2) is 4.98 Å². The van der Waals surface area contributed by atoms with Crippen LogP contribution in [0.3, 0.4) is 0 Å². The largest absolute Gasteiger partial charge is 0.367 e. The molecule has 3 atom stereocenters. The summed E-state index contributed by atoms with van der Waals surface area (Å²) in [6.07, 6.45) is 5.00. The zero-order valence-corrected chi connectivity index (χ0v) is 23.4. The lowest BCUT2D eigenvalue weighted by Gasteiger charge is -2.40. The van der Waals surface area contributed by atoms with Crippen molar-refractivity contribution in [1.82, 2.24) is 34.9 Å². The van der Waals surface area contributed by atoms with E-state index in [1.807, 2.05) is 13.0 Å². The molecule has 3 aromatic rings. The number of hydrogen-bond acceptors (Lipinski definition) is 8. The number of nitrogens with one attached hydrogen (secondary N) is 3. The lowest BCUT2D eigenvalue weighted by molar-refractivity contribution is 0.117. The quantitative estimate of drug-likeness (QED) is 0.410. The van der Waals surface area contributed by atoms with Gasteiger partial charge in [-0.1, -0.05) is 13.8 Å². The van der Waals surface area contributed by atoms with Gasteiger partial charge in [0, 0.05) is 80.6 Å². The number of aromatic amines is 1. The number of aromatic nitrogens is 4. The summed E-state index contributed by atoms with van der Waals surface area (Å²) < 4.78 is 0. The van der Waals surface area contributed by atoms with Gasteiger partial charge in [-0.2, -0.15) is 5.10 Å². The van der Waals surface area contributed by atoms with E-state index in [0.29, 0.717) is 24.0 Å². The summed E-state index contributed by atoms with van der Waals surface area (Å²) in [7, 11) is 2.20. The Morgan fingerprint density at radius 1 is 1.00 bits per heavy atom. The molecule has 0 radical (unpaired) electrons. The van der Waals surface area contributed by atoms with Crippen molar-refractivity contribution in [2.24, 2.45) is 5.92 Å². The van der Waals surface area contributed by atoms with Gasteiger partial charge in [0.15, 0.2) is 5.82 Å². The van der Waals surface area contributed by atoms with E-state index < -0.39 is 0 Å². The average Bonchev–Trinajstić information content (AvgIpc) is 3.37. The minimum atomic E-state index is 0.430. The second-order valence-electron chi connectivity index (χ2n) is 12.2. The molecule has 38 heavy (non-hydrogen) atoms. The first kappa shape index (κ1) is 25.5. The third-order valence-corrected chi connectivity index (χ3v) is 8.49. The van der Waals surface area contributed by atoms with Crippen molar-refractivity contribution in [1.29, 1.82) is 0 Å². The van der Waals surface area contributed by atoms with Crippen molar-refractivity contribution in [2.75, 3.05) is 50.4 Å². The fraction of sp³-hybridized carbons (Fsp3) is 0.621. The molecule has 3 fully saturated rings. The molecule has 3 aromatic heterocycles. The molecule has 0 saturated carbocycles. The number of nitrogens with zero attached hydrogens (tertiary/aromatic N) is 6. The van der Waals surface area contributed by atoms with Crippen LogP contribution in [-0.2, 0) is 6.54 Å². The number of pyridine rings is 2. The molecular formula is C29H43N9. The summed E-state index contributed by atoms with van der Waals surface area (Å²) in [6, 6.07) is 10.3. The number of piperidine rings is 1. The number of H-pyrrole nitrogens is 1. The maximum Gasteiger partial charge on any atom is 0.153 e. The molecule has 2 bridgehead atoms. The zero-order chi connectivity index (χ0) is 26.2. The highest BCUT2D eigenvalue weighted by Crippen LogP contribution is 2.38. The Morgan fingerprint density at radius 3 is 2.45 bits per heavy atom. The third-order valence-electron chi connectivity index (χ3n) is 8.49. The van der Waals surface area contributed by atoms with Crippen molar-refractivity contribution < 1.29 is 0 Å². The monoisotopic (exact) mass is 517 g/mol. The van der Waals surface area contributed by atoms with E-state index in [1.165, 1.54) is 32.2 Å². The first-order chi connectivity index (χ1) is 18.4. The molecule has 0 spiro atoms. The molecule has 3 aliphatic rings. The Morgan fingerprint density at radius 2 is 1.76 bits per heavy atom. The van der Waals surface area contributed by atoms with Gasteiger partial charge in [0.1, 0.15) is 11.6 Å². The van der Waals surface area contributed by atoms with Gasteiger partial charge in [-0.3, -0.25) is 19.9 Å². The van der Waals surface area contributed by atoms with Crippen LogP contribution in [0.4, 0.5) is 17.5 Å². The Kier molecular flexibility index (Phi) is 7.24. The van der Waals surface area contributed by atoms with E-state index in [2.05, 4.69) is 74.6 Å². The fourth-order valence-electron chi connectivity index (χ4n) is 6.59. The van der Waals surface area contributed by atoms with Crippen LogP contribution in [0.15, 0.2) is 24.3 Å². The van der Waals surface area contributed by atoms with Crippen molar-refractivity contribution in [3.63, 3.8) is 0 Å². The number of hydrogen-bond donors (Lipinski definition) is 3.